The van der Waals surface area contributed by atoms with Crippen LogP contribution in [0.4, 0.5) is 4.79 Å². The molecule has 7 heteroatoms. The Kier molecular flexibility index (Phi) is 7.32. The number of carbonyl (C=O) groups is 2. The largest absolute Gasteiger partial charge is 0.480 e. The van der Waals surface area contributed by atoms with Gasteiger partial charge in [-0.15, -0.1) is 0 Å². The monoisotopic (exact) mass is 288 g/mol. The molecule has 7 nitrogen and oxygen atoms in total. The first kappa shape index (κ1) is 16.7. The molecular weight excluding hydrogens is 264 g/mol. The minimum atomic E-state index is -1.02. The Hall–Kier alpha value is -1.34. The van der Waals surface area contributed by atoms with Gasteiger partial charge in [0, 0.05) is 33.4 Å². The van der Waals surface area contributed by atoms with E-state index in [1.807, 2.05) is 6.92 Å². The number of hydrogen-bond donors (Lipinski definition) is 2. The van der Waals surface area contributed by atoms with Crippen LogP contribution in [0.5, 0.6) is 0 Å². The number of carboxylic acid groups (broad SMARTS) is 1. The van der Waals surface area contributed by atoms with Crippen LogP contribution in [-0.2, 0) is 14.3 Å². The average Bonchev–Trinajstić information content (AvgIpc) is 2.62. The second-order valence-corrected chi connectivity index (χ2v) is 4.96. The molecule has 1 aliphatic heterocycles. The Bertz CT molecular complexity index is 324. The van der Waals surface area contributed by atoms with E-state index >= 15 is 0 Å². The molecule has 20 heavy (non-hydrogen) atoms. The van der Waals surface area contributed by atoms with Gasteiger partial charge in [0.2, 0.25) is 0 Å². The van der Waals surface area contributed by atoms with Crippen molar-refractivity contribution in [1.82, 2.24) is 10.2 Å². The Labute approximate surface area is 119 Å². The lowest BCUT2D eigenvalue weighted by molar-refractivity contribution is -0.139. The molecule has 1 aliphatic rings. The van der Waals surface area contributed by atoms with Crippen molar-refractivity contribution in [2.24, 2.45) is 0 Å². The topological polar surface area (TPSA) is 88.1 Å². The van der Waals surface area contributed by atoms with E-state index in [1.165, 1.54) is 0 Å². The van der Waals surface area contributed by atoms with Gasteiger partial charge in [0.25, 0.3) is 0 Å². The molecule has 0 saturated carbocycles. The number of aliphatic carboxylic acids is 1. The number of ether oxygens (including phenoxy) is 2. The lowest BCUT2D eigenvalue weighted by Crippen LogP contribution is -2.49. The quantitative estimate of drug-likeness (QED) is 0.702. The smallest absolute Gasteiger partial charge is 0.326 e. The average molecular weight is 288 g/mol. The van der Waals surface area contributed by atoms with Crippen molar-refractivity contribution in [3.05, 3.63) is 0 Å². The molecule has 1 rings (SSSR count). The Morgan fingerprint density at radius 2 is 2.30 bits per heavy atom. The van der Waals surface area contributed by atoms with Crippen LogP contribution >= 0.6 is 0 Å². The van der Waals surface area contributed by atoms with E-state index in [0.29, 0.717) is 39.1 Å². The van der Waals surface area contributed by atoms with Gasteiger partial charge >= 0.3 is 12.0 Å². The third kappa shape index (κ3) is 5.75. The van der Waals surface area contributed by atoms with E-state index in [1.54, 1.807) is 12.0 Å². The molecule has 1 saturated heterocycles. The van der Waals surface area contributed by atoms with Gasteiger partial charge in [-0.1, -0.05) is 0 Å². The van der Waals surface area contributed by atoms with Crippen molar-refractivity contribution in [2.75, 3.05) is 33.4 Å². The first-order valence-electron chi connectivity index (χ1n) is 6.93. The predicted molar refractivity (Wildman–Crippen MR) is 72.7 cm³/mol. The number of nitrogens with one attached hydrogen (secondary N) is 1. The van der Waals surface area contributed by atoms with Crippen LogP contribution < -0.4 is 5.32 Å². The Morgan fingerprint density at radius 1 is 1.55 bits per heavy atom. The van der Waals surface area contributed by atoms with Gasteiger partial charge in [-0.25, -0.2) is 9.59 Å². The Balaban J connectivity index is 2.49. The number of nitrogens with zero attached hydrogens (tertiary/aromatic N) is 1. The van der Waals surface area contributed by atoms with Gasteiger partial charge in [0.05, 0.1) is 6.10 Å². The van der Waals surface area contributed by atoms with E-state index in [9.17, 15) is 9.59 Å². The molecule has 2 unspecified atom stereocenters. The van der Waals surface area contributed by atoms with E-state index in [0.717, 1.165) is 6.42 Å². The second-order valence-electron chi connectivity index (χ2n) is 4.96. The van der Waals surface area contributed by atoms with Crippen LogP contribution in [0.15, 0.2) is 0 Å². The summed E-state index contributed by atoms with van der Waals surface area (Å²) in [6, 6.07) is -1.22. The van der Waals surface area contributed by atoms with Crippen molar-refractivity contribution in [3.63, 3.8) is 0 Å². The van der Waals surface area contributed by atoms with Gasteiger partial charge in [-0.05, 0) is 26.2 Å². The maximum Gasteiger partial charge on any atom is 0.326 e. The van der Waals surface area contributed by atoms with Crippen molar-refractivity contribution >= 4 is 12.0 Å². The SMILES string of the molecule is COCCCC(NC(=O)N1CCCOC(C)C1)C(=O)O. The third-order valence-electron chi connectivity index (χ3n) is 3.18. The number of urea groups is 1. The van der Waals surface area contributed by atoms with E-state index in [2.05, 4.69) is 5.32 Å². The van der Waals surface area contributed by atoms with Crippen LogP contribution in [0.1, 0.15) is 26.2 Å². The number of rotatable bonds is 6. The lowest BCUT2D eigenvalue weighted by Gasteiger charge is -2.24. The van der Waals surface area contributed by atoms with E-state index < -0.39 is 12.0 Å². The molecular formula is C13H24N2O5. The minimum absolute atomic E-state index is 0.0278. The van der Waals surface area contributed by atoms with Crippen molar-refractivity contribution in [3.8, 4) is 0 Å². The molecule has 0 aromatic carbocycles. The van der Waals surface area contributed by atoms with Crippen molar-refractivity contribution in [1.29, 1.82) is 0 Å². The van der Waals surface area contributed by atoms with Crippen molar-refractivity contribution < 1.29 is 24.2 Å². The number of amides is 2. The molecule has 0 radical (unpaired) electrons. The summed E-state index contributed by atoms with van der Waals surface area (Å²) >= 11 is 0. The van der Waals surface area contributed by atoms with Gasteiger partial charge < -0.3 is 24.8 Å². The molecule has 0 aromatic heterocycles. The zero-order valence-electron chi connectivity index (χ0n) is 12.1. The molecule has 2 atom stereocenters. The zero-order chi connectivity index (χ0) is 15.0. The lowest BCUT2D eigenvalue weighted by atomic mass is 10.1. The standard InChI is InChI=1S/C13H24N2O5/c1-10-9-15(6-4-8-20-10)13(18)14-11(12(16)17)5-3-7-19-2/h10-11H,3-9H2,1-2H3,(H,14,18)(H,16,17). The fourth-order valence-corrected chi connectivity index (χ4v) is 2.11. The summed E-state index contributed by atoms with van der Waals surface area (Å²) in [6.45, 7) is 4.07. The molecule has 0 bridgehead atoms. The highest BCUT2D eigenvalue weighted by molar-refractivity contribution is 5.82. The van der Waals surface area contributed by atoms with Gasteiger partial charge in [-0.2, -0.15) is 0 Å². The first-order valence-corrected chi connectivity index (χ1v) is 6.93. The molecule has 2 amide bonds. The van der Waals surface area contributed by atoms with Crippen LogP contribution in [-0.4, -0.2) is 67.6 Å². The first-order chi connectivity index (χ1) is 9.54. The summed E-state index contributed by atoms with van der Waals surface area (Å²) < 4.78 is 10.4. The van der Waals surface area contributed by atoms with Gasteiger partial charge in [-0.3, -0.25) is 0 Å². The molecule has 0 aromatic rings. The Morgan fingerprint density at radius 3 is 2.95 bits per heavy atom. The van der Waals surface area contributed by atoms with Gasteiger partial charge in [0.1, 0.15) is 6.04 Å². The van der Waals surface area contributed by atoms with Crippen LogP contribution in [0.2, 0.25) is 0 Å². The maximum absolute atomic E-state index is 12.1. The molecule has 0 spiro atoms. The molecule has 0 aliphatic carbocycles. The van der Waals surface area contributed by atoms with Crippen molar-refractivity contribution in [2.45, 2.75) is 38.3 Å². The number of hydrogen-bond acceptors (Lipinski definition) is 4. The molecule has 2 N–H and O–H groups in total. The fraction of sp³-hybridized carbons (Fsp3) is 0.846. The summed E-state index contributed by atoms with van der Waals surface area (Å²) in [7, 11) is 1.56. The highest BCUT2D eigenvalue weighted by Crippen LogP contribution is 2.07. The third-order valence-corrected chi connectivity index (χ3v) is 3.18. The molecule has 116 valence electrons. The number of carbonyl (C=O) groups excluding carboxylic acids is 1. The zero-order valence-corrected chi connectivity index (χ0v) is 12.1. The summed E-state index contributed by atoms with van der Waals surface area (Å²) in [5.74, 6) is -1.02. The van der Waals surface area contributed by atoms with Crippen LogP contribution in [0.3, 0.4) is 0 Å². The summed E-state index contributed by atoms with van der Waals surface area (Å²) in [6.07, 6.45) is 1.68. The highest BCUT2D eigenvalue weighted by Gasteiger charge is 2.25. The fourth-order valence-electron chi connectivity index (χ4n) is 2.11. The minimum Gasteiger partial charge on any atom is -0.480 e. The number of carboxylic acids is 1. The normalized spacial score (nSPS) is 21.1. The second kappa shape index (κ2) is 8.76. The van der Waals surface area contributed by atoms with Crippen LogP contribution in [0, 0.1) is 0 Å². The maximum atomic E-state index is 12.1. The summed E-state index contributed by atoms with van der Waals surface area (Å²) in [4.78, 5) is 24.9. The predicted octanol–water partition coefficient (Wildman–Crippen LogP) is 0.687. The summed E-state index contributed by atoms with van der Waals surface area (Å²) in [5.41, 5.74) is 0. The number of methoxy groups -OCH3 is 1. The van der Waals surface area contributed by atoms with E-state index in [4.69, 9.17) is 14.6 Å². The van der Waals surface area contributed by atoms with Gasteiger partial charge in [0.15, 0.2) is 0 Å². The molecule has 1 heterocycles. The van der Waals surface area contributed by atoms with Crippen LogP contribution in [0.25, 0.3) is 0 Å². The highest BCUT2D eigenvalue weighted by atomic mass is 16.5. The molecule has 1 fully saturated rings. The summed E-state index contributed by atoms with van der Waals surface area (Å²) in [5, 5.41) is 11.7. The van der Waals surface area contributed by atoms with E-state index in [-0.39, 0.29) is 12.1 Å².